The van der Waals surface area contributed by atoms with Crippen LogP contribution in [-0.2, 0) is 5.41 Å². The maximum atomic E-state index is 5.15. The van der Waals surface area contributed by atoms with Crippen molar-refractivity contribution in [3.05, 3.63) is 217 Å². The average Bonchev–Trinajstić information content (AvgIpc) is 3.95. The second kappa shape index (κ2) is 15.9. The van der Waals surface area contributed by atoms with Crippen LogP contribution in [0.3, 0.4) is 0 Å². The molecule has 3 fully saturated rings. The molecule has 4 aliphatic carbocycles. The van der Waals surface area contributed by atoms with Gasteiger partial charge in [0.25, 0.3) is 0 Å². The predicted molar refractivity (Wildman–Crippen MR) is 280 cm³/mol. The van der Waals surface area contributed by atoms with Crippen LogP contribution in [0.5, 0.6) is 0 Å². The van der Waals surface area contributed by atoms with E-state index in [4.69, 9.17) is 29.9 Å². The van der Waals surface area contributed by atoms with Crippen LogP contribution in [0.2, 0.25) is 0 Å². The van der Waals surface area contributed by atoms with E-state index in [1.165, 1.54) is 59.1 Å². The molecular formula is C64H48N6. The Labute approximate surface area is 408 Å². The number of hydrogen-bond acceptors (Lipinski definition) is 6. The zero-order valence-electron chi connectivity index (χ0n) is 38.9. The van der Waals surface area contributed by atoms with Gasteiger partial charge in [0.2, 0.25) is 0 Å². The molecule has 6 heteroatoms. The van der Waals surface area contributed by atoms with Crippen molar-refractivity contribution in [3.8, 4) is 102 Å². The summed E-state index contributed by atoms with van der Waals surface area (Å²) in [5, 5.41) is 0. The number of aromatic nitrogens is 6. The topological polar surface area (TPSA) is 77.3 Å². The highest BCUT2D eigenvalue weighted by Crippen LogP contribution is 2.82. The number of nitrogens with zero attached hydrogens (tertiary/aromatic N) is 6. The van der Waals surface area contributed by atoms with E-state index < -0.39 is 0 Å². The second-order valence-electron chi connectivity index (χ2n) is 20.1. The van der Waals surface area contributed by atoms with Gasteiger partial charge < -0.3 is 0 Å². The Hall–Kier alpha value is -8.22. The molecule has 0 radical (unpaired) electrons. The molecular weight excluding hydrogens is 853 g/mol. The highest BCUT2D eigenvalue weighted by atomic mass is 15.0. The van der Waals surface area contributed by atoms with Gasteiger partial charge in [-0.2, -0.15) is 0 Å². The van der Waals surface area contributed by atoms with Crippen molar-refractivity contribution in [2.45, 2.75) is 38.0 Å². The van der Waals surface area contributed by atoms with Gasteiger partial charge in [-0.3, -0.25) is 0 Å². The Bertz CT molecular complexity index is 3320. The molecule has 4 atom stereocenters. The summed E-state index contributed by atoms with van der Waals surface area (Å²) in [5.74, 6) is 5.87. The van der Waals surface area contributed by atoms with Crippen molar-refractivity contribution >= 4 is 0 Å². The lowest BCUT2D eigenvalue weighted by Gasteiger charge is -2.39. The summed E-state index contributed by atoms with van der Waals surface area (Å²) in [6, 6.07) is 73.0. The van der Waals surface area contributed by atoms with Gasteiger partial charge in [-0.1, -0.05) is 201 Å². The minimum Gasteiger partial charge on any atom is -0.208 e. The molecule has 334 valence electrons. The summed E-state index contributed by atoms with van der Waals surface area (Å²) in [7, 11) is 0. The minimum atomic E-state index is -0.0383. The first-order chi connectivity index (χ1) is 34.5. The molecule has 0 amide bonds. The number of fused-ring (bicyclic) bond motifs is 8. The first-order valence-electron chi connectivity index (χ1n) is 24.8. The molecule has 10 aromatic rings. The number of rotatable bonds is 8. The average molecular weight is 901 g/mol. The molecule has 8 aromatic carbocycles. The van der Waals surface area contributed by atoms with Gasteiger partial charge in [0.05, 0.1) is 0 Å². The third kappa shape index (κ3) is 6.46. The van der Waals surface area contributed by atoms with E-state index in [0.717, 1.165) is 50.4 Å². The lowest BCUT2D eigenvalue weighted by molar-refractivity contribution is 0.202. The Kier molecular flexibility index (Phi) is 9.29. The predicted octanol–water partition coefficient (Wildman–Crippen LogP) is 15.1. The maximum absolute atomic E-state index is 5.15. The summed E-state index contributed by atoms with van der Waals surface area (Å²) in [5.41, 5.74) is 16.6. The zero-order chi connectivity index (χ0) is 46.4. The molecule has 3 saturated carbocycles. The number of hydrogen-bond donors (Lipinski definition) is 0. The van der Waals surface area contributed by atoms with Gasteiger partial charge in [0.1, 0.15) is 0 Å². The largest absolute Gasteiger partial charge is 0.208 e. The van der Waals surface area contributed by atoms with Crippen LogP contribution < -0.4 is 0 Å². The molecule has 0 aliphatic heterocycles. The fourth-order valence-corrected chi connectivity index (χ4v) is 13.3. The molecule has 2 bridgehead atoms. The maximum Gasteiger partial charge on any atom is 0.164 e. The highest BCUT2D eigenvalue weighted by Gasteiger charge is 2.76. The molecule has 0 saturated heterocycles. The SMILES string of the molecule is CC1CC2CC3(C1)CC3C21c2cccc(-c3cccc(-c4nc(-c5ccccc5)nc(-c5ccccc5)n4)c3)c2-c2c(-c3cccc(-c4nc(-c5ccccc5)nc(-c5ccccc5)n4)c3)cccc21. The number of benzene rings is 8. The molecule has 0 N–H and O–H groups in total. The standard InChI is InChI=1S/C64H48N6/c1-40-34-49-38-63(37-40)39-54(63)64(49)52-32-16-30-50(45-26-14-28-47(35-45)61-67-57(41-18-6-2-7-19-41)65-58(68-61)42-20-8-3-9-21-42)55(52)56-51(31-17-33-53(56)64)46-27-15-29-48(36-46)62-69-59(43-22-10-4-11-23-43)66-60(70-62)44-24-12-5-13-25-44/h2-33,35-36,40,49,54H,34,37-39H2,1H3. The molecule has 14 rings (SSSR count). The molecule has 2 heterocycles. The Morgan fingerprint density at radius 2 is 0.686 bits per heavy atom. The monoisotopic (exact) mass is 900 g/mol. The van der Waals surface area contributed by atoms with E-state index >= 15 is 0 Å². The van der Waals surface area contributed by atoms with Crippen LogP contribution in [0, 0.1) is 23.2 Å². The van der Waals surface area contributed by atoms with Gasteiger partial charge in [-0.15, -0.1) is 0 Å². The summed E-state index contributed by atoms with van der Waals surface area (Å²) >= 11 is 0. The second-order valence-corrected chi connectivity index (χ2v) is 20.1. The van der Waals surface area contributed by atoms with Gasteiger partial charge >= 0.3 is 0 Å². The van der Waals surface area contributed by atoms with Crippen molar-refractivity contribution in [3.63, 3.8) is 0 Å². The lowest BCUT2D eigenvalue weighted by Crippen LogP contribution is -2.35. The first-order valence-corrected chi connectivity index (χ1v) is 24.8. The van der Waals surface area contributed by atoms with E-state index in [2.05, 4.69) is 140 Å². The van der Waals surface area contributed by atoms with Crippen LogP contribution in [0.1, 0.15) is 43.7 Å². The Balaban J connectivity index is 0.950. The van der Waals surface area contributed by atoms with Crippen LogP contribution in [0.4, 0.5) is 0 Å². The molecule has 70 heavy (non-hydrogen) atoms. The van der Waals surface area contributed by atoms with Gasteiger partial charge in [-0.25, -0.2) is 29.9 Å². The lowest BCUT2D eigenvalue weighted by atomic mass is 9.64. The van der Waals surface area contributed by atoms with Crippen LogP contribution in [0.15, 0.2) is 206 Å². The Morgan fingerprint density at radius 1 is 0.343 bits per heavy atom. The van der Waals surface area contributed by atoms with Crippen LogP contribution in [-0.4, -0.2) is 29.9 Å². The van der Waals surface area contributed by atoms with Gasteiger partial charge in [0, 0.05) is 38.8 Å². The van der Waals surface area contributed by atoms with E-state index in [0.29, 0.717) is 52.2 Å². The molecule has 6 nitrogen and oxygen atoms in total. The van der Waals surface area contributed by atoms with E-state index in [1.54, 1.807) is 0 Å². The Morgan fingerprint density at radius 3 is 1.09 bits per heavy atom. The fraction of sp³-hybridized carbons (Fsp3) is 0.156. The third-order valence-corrected chi connectivity index (χ3v) is 16.0. The fourth-order valence-electron chi connectivity index (χ4n) is 13.3. The summed E-state index contributed by atoms with van der Waals surface area (Å²) in [6.45, 7) is 2.50. The molecule has 4 unspecified atom stereocenters. The summed E-state index contributed by atoms with van der Waals surface area (Å²) in [6.07, 6.45) is 5.23. The minimum absolute atomic E-state index is 0.0383. The van der Waals surface area contributed by atoms with Crippen molar-refractivity contribution in [1.29, 1.82) is 0 Å². The smallest absolute Gasteiger partial charge is 0.164 e. The van der Waals surface area contributed by atoms with E-state index in [1.807, 2.05) is 72.8 Å². The van der Waals surface area contributed by atoms with E-state index in [9.17, 15) is 0 Å². The van der Waals surface area contributed by atoms with Crippen LogP contribution in [0.25, 0.3) is 102 Å². The van der Waals surface area contributed by atoms with Crippen LogP contribution >= 0.6 is 0 Å². The van der Waals surface area contributed by atoms with Crippen molar-refractivity contribution in [2.24, 2.45) is 23.2 Å². The van der Waals surface area contributed by atoms with E-state index in [-0.39, 0.29) is 5.41 Å². The first kappa shape index (κ1) is 40.8. The van der Waals surface area contributed by atoms with Crippen molar-refractivity contribution in [2.75, 3.05) is 0 Å². The molecule has 2 spiro atoms. The molecule has 4 aliphatic rings. The van der Waals surface area contributed by atoms with Crippen molar-refractivity contribution in [1.82, 2.24) is 29.9 Å². The normalized spacial score (nSPS) is 19.9. The quantitative estimate of drug-likeness (QED) is 0.151. The summed E-state index contributed by atoms with van der Waals surface area (Å²) in [4.78, 5) is 30.6. The zero-order valence-corrected chi connectivity index (χ0v) is 38.9. The van der Waals surface area contributed by atoms with Crippen molar-refractivity contribution < 1.29 is 0 Å². The van der Waals surface area contributed by atoms with Gasteiger partial charge in [-0.05, 0) is 105 Å². The third-order valence-electron chi connectivity index (χ3n) is 16.0. The van der Waals surface area contributed by atoms with Gasteiger partial charge in [0.15, 0.2) is 34.9 Å². The summed E-state index contributed by atoms with van der Waals surface area (Å²) < 4.78 is 0. The highest BCUT2D eigenvalue weighted by molar-refractivity contribution is 6.01. The molecule has 2 aromatic heterocycles.